The summed E-state index contributed by atoms with van der Waals surface area (Å²) in [6.07, 6.45) is 54.5. The predicted octanol–water partition coefficient (Wildman–Crippen LogP) is 16.7. The Morgan fingerprint density at radius 3 is 1.00 bits per heavy atom. The number of hydrogen-bond acceptors (Lipinski definition) is 5. The standard InChI is InChI=1S/C55H109NO5/c1-4-7-10-13-16-19-22-24-26-27-28-29-32-34-37-40-43-46-51(61-55(60)48-45-42-39-36-31-21-18-15-12-9-6-3)49-54(59)56-52(50-57)53(58)47-44-41-38-35-33-30-25-23-20-17-14-11-8-5-2/h51-53,57-58H,4-50H2,1-3H3,(H,56,59). The minimum Gasteiger partial charge on any atom is -0.462 e. The first-order valence-electron chi connectivity index (χ1n) is 27.8. The molecular formula is C55H109NO5. The Labute approximate surface area is 381 Å². The van der Waals surface area contributed by atoms with E-state index < -0.39 is 18.2 Å². The molecule has 0 aliphatic rings. The van der Waals surface area contributed by atoms with Gasteiger partial charge in [-0.25, -0.2) is 0 Å². The number of carbonyl (C=O) groups is 2. The van der Waals surface area contributed by atoms with E-state index in [1.807, 2.05) is 0 Å². The van der Waals surface area contributed by atoms with Crippen LogP contribution in [0.5, 0.6) is 0 Å². The molecule has 0 aromatic carbocycles. The van der Waals surface area contributed by atoms with Gasteiger partial charge in [0.05, 0.1) is 25.2 Å². The summed E-state index contributed by atoms with van der Waals surface area (Å²) in [4.78, 5) is 26.2. The molecule has 364 valence electrons. The smallest absolute Gasteiger partial charge is 0.306 e. The second-order valence-corrected chi connectivity index (χ2v) is 19.4. The zero-order valence-corrected chi connectivity index (χ0v) is 41.6. The van der Waals surface area contributed by atoms with E-state index in [0.29, 0.717) is 19.3 Å². The lowest BCUT2D eigenvalue weighted by molar-refractivity contribution is -0.151. The molecule has 0 aliphatic heterocycles. The highest BCUT2D eigenvalue weighted by molar-refractivity contribution is 5.77. The summed E-state index contributed by atoms with van der Waals surface area (Å²) in [5.41, 5.74) is 0. The molecule has 0 radical (unpaired) electrons. The van der Waals surface area contributed by atoms with Gasteiger partial charge in [0, 0.05) is 6.42 Å². The van der Waals surface area contributed by atoms with E-state index in [9.17, 15) is 19.8 Å². The summed E-state index contributed by atoms with van der Waals surface area (Å²) < 4.78 is 5.95. The van der Waals surface area contributed by atoms with E-state index in [1.54, 1.807) is 0 Å². The zero-order valence-electron chi connectivity index (χ0n) is 41.6. The molecule has 3 unspecified atom stereocenters. The van der Waals surface area contributed by atoms with Crippen LogP contribution in [0, 0.1) is 0 Å². The second-order valence-electron chi connectivity index (χ2n) is 19.4. The van der Waals surface area contributed by atoms with E-state index in [-0.39, 0.29) is 24.9 Å². The summed E-state index contributed by atoms with van der Waals surface area (Å²) in [6.45, 7) is 6.52. The van der Waals surface area contributed by atoms with Gasteiger partial charge in [-0.1, -0.05) is 278 Å². The van der Waals surface area contributed by atoms with E-state index in [2.05, 4.69) is 26.1 Å². The van der Waals surface area contributed by atoms with Gasteiger partial charge < -0.3 is 20.3 Å². The molecule has 0 saturated carbocycles. The van der Waals surface area contributed by atoms with Gasteiger partial charge in [0.2, 0.25) is 5.91 Å². The van der Waals surface area contributed by atoms with Crippen molar-refractivity contribution >= 4 is 11.9 Å². The molecule has 0 spiro atoms. The Morgan fingerprint density at radius 2 is 0.689 bits per heavy atom. The number of carbonyl (C=O) groups excluding carboxylic acids is 2. The molecule has 0 bridgehead atoms. The van der Waals surface area contributed by atoms with Gasteiger partial charge in [-0.05, 0) is 25.7 Å². The van der Waals surface area contributed by atoms with Crippen molar-refractivity contribution in [2.75, 3.05) is 6.61 Å². The summed E-state index contributed by atoms with van der Waals surface area (Å²) in [7, 11) is 0. The summed E-state index contributed by atoms with van der Waals surface area (Å²) in [6, 6.07) is -0.692. The molecular weight excluding hydrogens is 755 g/mol. The quantitative estimate of drug-likeness (QED) is 0.0418. The number of rotatable bonds is 51. The number of amides is 1. The van der Waals surface area contributed by atoms with Crippen molar-refractivity contribution in [2.45, 2.75) is 334 Å². The molecule has 0 saturated heterocycles. The maximum atomic E-state index is 13.2. The largest absolute Gasteiger partial charge is 0.462 e. The van der Waals surface area contributed by atoms with E-state index in [4.69, 9.17) is 4.74 Å². The van der Waals surface area contributed by atoms with Crippen LogP contribution in [0.2, 0.25) is 0 Å². The first kappa shape index (κ1) is 59.9. The molecule has 0 aromatic heterocycles. The number of nitrogens with one attached hydrogen (secondary N) is 1. The minimum atomic E-state index is -0.779. The van der Waals surface area contributed by atoms with Crippen LogP contribution in [0.15, 0.2) is 0 Å². The first-order valence-corrected chi connectivity index (χ1v) is 27.8. The lowest BCUT2D eigenvalue weighted by atomic mass is 10.0. The maximum absolute atomic E-state index is 13.2. The number of ether oxygens (including phenoxy) is 1. The Bertz CT molecular complexity index is 882. The molecule has 6 nitrogen and oxygen atoms in total. The third kappa shape index (κ3) is 45.2. The van der Waals surface area contributed by atoms with Gasteiger partial charge >= 0.3 is 5.97 Å². The third-order valence-electron chi connectivity index (χ3n) is 13.2. The van der Waals surface area contributed by atoms with Gasteiger partial charge in [0.25, 0.3) is 0 Å². The van der Waals surface area contributed by atoms with Crippen molar-refractivity contribution in [1.82, 2.24) is 5.32 Å². The number of aliphatic hydroxyl groups is 2. The monoisotopic (exact) mass is 864 g/mol. The fourth-order valence-electron chi connectivity index (χ4n) is 8.96. The molecule has 1 amide bonds. The van der Waals surface area contributed by atoms with Crippen LogP contribution in [0.25, 0.3) is 0 Å². The maximum Gasteiger partial charge on any atom is 0.306 e. The summed E-state index contributed by atoms with van der Waals surface area (Å²) >= 11 is 0. The van der Waals surface area contributed by atoms with Crippen molar-refractivity contribution in [2.24, 2.45) is 0 Å². The van der Waals surface area contributed by atoms with Gasteiger partial charge in [-0.3, -0.25) is 9.59 Å². The van der Waals surface area contributed by atoms with Crippen LogP contribution in [-0.4, -0.2) is 46.9 Å². The molecule has 0 fully saturated rings. The molecule has 0 rings (SSSR count). The number of unbranched alkanes of at least 4 members (excludes halogenated alkanes) is 39. The SMILES string of the molecule is CCCCCCCCCCCCCCCCCCCC(CC(=O)NC(CO)C(O)CCCCCCCCCCCCCCCC)OC(=O)CCCCCCCCCCCCC. The average Bonchev–Trinajstić information content (AvgIpc) is 3.25. The lowest BCUT2D eigenvalue weighted by Crippen LogP contribution is -2.46. The number of hydrogen-bond donors (Lipinski definition) is 3. The third-order valence-corrected chi connectivity index (χ3v) is 13.2. The predicted molar refractivity (Wildman–Crippen MR) is 264 cm³/mol. The van der Waals surface area contributed by atoms with Crippen molar-refractivity contribution in [1.29, 1.82) is 0 Å². The first-order chi connectivity index (χ1) is 30.0. The van der Waals surface area contributed by atoms with Crippen molar-refractivity contribution in [3.8, 4) is 0 Å². The number of aliphatic hydroxyl groups excluding tert-OH is 2. The van der Waals surface area contributed by atoms with E-state index in [0.717, 1.165) is 44.9 Å². The highest BCUT2D eigenvalue weighted by Gasteiger charge is 2.24. The van der Waals surface area contributed by atoms with Gasteiger partial charge in [-0.2, -0.15) is 0 Å². The van der Waals surface area contributed by atoms with Crippen molar-refractivity contribution in [3.05, 3.63) is 0 Å². The van der Waals surface area contributed by atoms with Crippen LogP contribution in [0.3, 0.4) is 0 Å². The second kappa shape index (κ2) is 49.9. The minimum absolute atomic E-state index is 0.0882. The highest BCUT2D eigenvalue weighted by Crippen LogP contribution is 2.19. The Morgan fingerprint density at radius 1 is 0.410 bits per heavy atom. The average molecular weight is 864 g/mol. The molecule has 0 aliphatic carbocycles. The zero-order chi connectivity index (χ0) is 44.5. The lowest BCUT2D eigenvalue weighted by Gasteiger charge is -2.24. The van der Waals surface area contributed by atoms with Crippen LogP contribution < -0.4 is 5.32 Å². The molecule has 0 aromatic rings. The highest BCUT2D eigenvalue weighted by atomic mass is 16.5. The topological polar surface area (TPSA) is 95.9 Å². The number of esters is 1. The normalized spacial score (nSPS) is 13.1. The Hall–Kier alpha value is -1.14. The Balaban J connectivity index is 4.48. The van der Waals surface area contributed by atoms with E-state index in [1.165, 1.54) is 225 Å². The van der Waals surface area contributed by atoms with Gasteiger partial charge in [0.1, 0.15) is 6.10 Å². The molecule has 6 heteroatoms. The molecule has 3 N–H and O–H groups in total. The van der Waals surface area contributed by atoms with Crippen molar-refractivity contribution in [3.63, 3.8) is 0 Å². The van der Waals surface area contributed by atoms with Crippen LogP contribution in [-0.2, 0) is 14.3 Å². The van der Waals surface area contributed by atoms with Gasteiger partial charge in [0.15, 0.2) is 0 Å². The van der Waals surface area contributed by atoms with Gasteiger partial charge in [-0.15, -0.1) is 0 Å². The van der Waals surface area contributed by atoms with Crippen LogP contribution in [0.1, 0.15) is 316 Å². The van der Waals surface area contributed by atoms with E-state index >= 15 is 0 Å². The summed E-state index contributed by atoms with van der Waals surface area (Å²) in [5, 5.41) is 23.8. The fraction of sp³-hybridized carbons (Fsp3) is 0.964. The summed E-state index contributed by atoms with van der Waals surface area (Å²) in [5.74, 6) is -0.448. The van der Waals surface area contributed by atoms with Crippen LogP contribution in [0.4, 0.5) is 0 Å². The van der Waals surface area contributed by atoms with Crippen molar-refractivity contribution < 1.29 is 24.5 Å². The van der Waals surface area contributed by atoms with Crippen LogP contribution >= 0.6 is 0 Å². The Kier molecular flexibility index (Phi) is 48.9. The molecule has 61 heavy (non-hydrogen) atoms. The molecule has 0 heterocycles. The molecule has 3 atom stereocenters. The fourth-order valence-corrected chi connectivity index (χ4v) is 8.96.